The average Bonchev–Trinajstić information content (AvgIpc) is 3.30. The first-order chi connectivity index (χ1) is 9.90. The van der Waals surface area contributed by atoms with Crippen LogP contribution in [0.25, 0.3) is 0 Å². The molecular weight excluding hydrogens is 268 g/mol. The van der Waals surface area contributed by atoms with Gasteiger partial charge in [0, 0.05) is 38.8 Å². The highest BCUT2D eigenvalue weighted by molar-refractivity contribution is 5.99. The third-order valence-electron chi connectivity index (χ3n) is 3.74. The minimum atomic E-state index is -0.453. The molecular formula is C16H22N2O3. The third kappa shape index (κ3) is 3.82. The molecule has 5 heteroatoms. The Morgan fingerprint density at radius 1 is 1.19 bits per heavy atom. The van der Waals surface area contributed by atoms with Crippen LogP contribution in [0.15, 0.2) is 24.3 Å². The Balaban J connectivity index is 2.07. The quantitative estimate of drug-likeness (QED) is 0.887. The molecule has 0 bridgehead atoms. The largest absolute Gasteiger partial charge is 0.391 e. The summed E-state index contributed by atoms with van der Waals surface area (Å²) in [5, 5.41) is 9.92. The summed E-state index contributed by atoms with van der Waals surface area (Å²) in [6.07, 6.45) is 1.62. The molecule has 2 rings (SSSR count). The van der Waals surface area contributed by atoms with Gasteiger partial charge in [0.1, 0.15) is 0 Å². The molecule has 2 amide bonds. The van der Waals surface area contributed by atoms with Crippen molar-refractivity contribution in [2.24, 2.45) is 5.92 Å². The number of rotatable bonds is 5. The van der Waals surface area contributed by atoms with E-state index in [-0.39, 0.29) is 11.8 Å². The number of benzene rings is 1. The number of carbonyl (C=O) groups excluding carboxylic acids is 2. The number of aliphatic hydroxyl groups is 1. The first-order valence-electron chi connectivity index (χ1n) is 7.15. The van der Waals surface area contributed by atoms with Crippen molar-refractivity contribution >= 4 is 11.8 Å². The second-order valence-corrected chi connectivity index (χ2v) is 5.87. The predicted octanol–water partition coefficient (Wildman–Crippen LogP) is 1.23. The molecule has 21 heavy (non-hydrogen) atoms. The van der Waals surface area contributed by atoms with Crippen LogP contribution in [0.5, 0.6) is 0 Å². The van der Waals surface area contributed by atoms with E-state index < -0.39 is 6.10 Å². The SMILES string of the molecule is CN(C)C(=O)c1cccc(C(=O)N(C)CC(O)C2CC2)c1. The molecule has 1 N–H and O–H groups in total. The van der Waals surface area contributed by atoms with Gasteiger partial charge in [-0.3, -0.25) is 9.59 Å². The van der Waals surface area contributed by atoms with Crippen LogP contribution in [0.2, 0.25) is 0 Å². The molecule has 0 aliphatic heterocycles. The molecule has 0 aromatic heterocycles. The Morgan fingerprint density at radius 2 is 1.76 bits per heavy atom. The molecule has 0 radical (unpaired) electrons. The van der Waals surface area contributed by atoms with E-state index in [2.05, 4.69) is 0 Å². The van der Waals surface area contributed by atoms with E-state index in [1.54, 1.807) is 45.4 Å². The molecule has 1 aliphatic rings. The summed E-state index contributed by atoms with van der Waals surface area (Å²) in [4.78, 5) is 27.3. The first kappa shape index (κ1) is 15.5. The van der Waals surface area contributed by atoms with Crippen molar-refractivity contribution in [1.82, 2.24) is 9.80 Å². The van der Waals surface area contributed by atoms with E-state index in [0.29, 0.717) is 23.6 Å². The smallest absolute Gasteiger partial charge is 0.253 e. The summed E-state index contributed by atoms with van der Waals surface area (Å²) in [5.74, 6) is 0.0235. The summed E-state index contributed by atoms with van der Waals surface area (Å²) in [6.45, 7) is 0.329. The molecule has 1 fully saturated rings. The molecule has 114 valence electrons. The summed E-state index contributed by atoms with van der Waals surface area (Å²) in [7, 11) is 5.03. The van der Waals surface area contributed by atoms with Gasteiger partial charge in [-0.1, -0.05) is 6.07 Å². The van der Waals surface area contributed by atoms with Gasteiger partial charge >= 0.3 is 0 Å². The maximum absolute atomic E-state index is 12.4. The number of hydrogen-bond acceptors (Lipinski definition) is 3. The molecule has 0 spiro atoms. The van der Waals surface area contributed by atoms with Gasteiger partial charge in [-0.15, -0.1) is 0 Å². The maximum atomic E-state index is 12.4. The highest BCUT2D eigenvalue weighted by atomic mass is 16.3. The molecule has 5 nitrogen and oxygen atoms in total. The fourth-order valence-corrected chi connectivity index (χ4v) is 2.26. The Labute approximate surface area is 125 Å². The number of carbonyl (C=O) groups is 2. The zero-order valence-corrected chi connectivity index (χ0v) is 12.7. The second kappa shape index (κ2) is 6.26. The van der Waals surface area contributed by atoms with E-state index in [1.807, 2.05) is 0 Å². The van der Waals surface area contributed by atoms with Crippen molar-refractivity contribution in [1.29, 1.82) is 0 Å². The topological polar surface area (TPSA) is 60.9 Å². The Bertz CT molecular complexity index is 538. The lowest BCUT2D eigenvalue weighted by Crippen LogP contribution is -2.35. The van der Waals surface area contributed by atoms with Gasteiger partial charge in [0.05, 0.1) is 6.10 Å². The van der Waals surface area contributed by atoms with E-state index in [9.17, 15) is 14.7 Å². The molecule has 1 unspecified atom stereocenters. The lowest BCUT2D eigenvalue weighted by atomic mass is 10.1. The number of likely N-dealkylation sites (N-methyl/N-ethyl adjacent to an activating group) is 1. The van der Waals surface area contributed by atoms with Gasteiger partial charge < -0.3 is 14.9 Å². The predicted molar refractivity (Wildman–Crippen MR) is 80.2 cm³/mol. The van der Waals surface area contributed by atoms with Gasteiger partial charge in [-0.2, -0.15) is 0 Å². The fourth-order valence-electron chi connectivity index (χ4n) is 2.26. The maximum Gasteiger partial charge on any atom is 0.253 e. The van der Waals surface area contributed by atoms with Gasteiger partial charge in [-0.25, -0.2) is 0 Å². The van der Waals surface area contributed by atoms with E-state index >= 15 is 0 Å². The molecule has 1 aromatic carbocycles. The van der Waals surface area contributed by atoms with Gasteiger partial charge in [0.2, 0.25) is 0 Å². The van der Waals surface area contributed by atoms with Crippen molar-refractivity contribution < 1.29 is 14.7 Å². The molecule has 1 aromatic rings. The second-order valence-electron chi connectivity index (χ2n) is 5.87. The van der Waals surface area contributed by atoms with E-state index in [4.69, 9.17) is 0 Å². The standard InChI is InChI=1S/C16H22N2O3/c1-17(2)15(20)12-5-4-6-13(9-12)16(21)18(3)10-14(19)11-7-8-11/h4-6,9,11,14,19H,7-8,10H2,1-3H3. The fraction of sp³-hybridized carbons (Fsp3) is 0.500. The normalized spacial score (nSPS) is 15.4. The van der Waals surface area contributed by atoms with Crippen LogP contribution in [-0.4, -0.2) is 60.5 Å². The van der Waals surface area contributed by atoms with Crippen LogP contribution in [0.3, 0.4) is 0 Å². The average molecular weight is 290 g/mol. The summed E-state index contributed by atoms with van der Waals surface area (Å²) < 4.78 is 0. The molecule has 0 heterocycles. The highest BCUT2D eigenvalue weighted by Gasteiger charge is 2.31. The van der Waals surface area contributed by atoms with E-state index in [0.717, 1.165) is 12.8 Å². The molecule has 1 saturated carbocycles. The number of aliphatic hydroxyl groups excluding tert-OH is 1. The number of amides is 2. The zero-order valence-electron chi connectivity index (χ0n) is 12.7. The lowest BCUT2D eigenvalue weighted by Gasteiger charge is -2.21. The summed E-state index contributed by atoms with van der Waals surface area (Å²) in [6, 6.07) is 6.69. The van der Waals surface area contributed by atoms with Gasteiger partial charge in [0.25, 0.3) is 11.8 Å². The minimum absolute atomic E-state index is 0.134. The number of hydrogen-bond donors (Lipinski definition) is 1. The van der Waals surface area contributed by atoms with Crippen LogP contribution in [0.4, 0.5) is 0 Å². The zero-order chi connectivity index (χ0) is 15.6. The van der Waals surface area contributed by atoms with Crippen LogP contribution in [0, 0.1) is 5.92 Å². The van der Waals surface area contributed by atoms with Crippen LogP contribution < -0.4 is 0 Å². The van der Waals surface area contributed by atoms with Crippen molar-refractivity contribution in [2.75, 3.05) is 27.7 Å². The molecule has 0 saturated heterocycles. The van der Waals surface area contributed by atoms with Crippen molar-refractivity contribution in [3.63, 3.8) is 0 Å². The first-order valence-corrected chi connectivity index (χ1v) is 7.15. The van der Waals surface area contributed by atoms with E-state index in [1.165, 1.54) is 9.80 Å². The third-order valence-corrected chi connectivity index (χ3v) is 3.74. The Hall–Kier alpha value is -1.88. The molecule has 1 atom stereocenters. The van der Waals surface area contributed by atoms with Crippen molar-refractivity contribution in [2.45, 2.75) is 18.9 Å². The van der Waals surface area contributed by atoms with Gasteiger partial charge in [0.15, 0.2) is 0 Å². The van der Waals surface area contributed by atoms with Crippen molar-refractivity contribution in [3.8, 4) is 0 Å². The Morgan fingerprint density at radius 3 is 2.29 bits per heavy atom. The minimum Gasteiger partial charge on any atom is -0.391 e. The highest BCUT2D eigenvalue weighted by Crippen LogP contribution is 2.32. The lowest BCUT2D eigenvalue weighted by molar-refractivity contribution is 0.0645. The molecule has 1 aliphatic carbocycles. The van der Waals surface area contributed by atoms with Gasteiger partial charge in [-0.05, 0) is 37.0 Å². The van der Waals surface area contributed by atoms with Crippen molar-refractivity contribution in [3.05, 3.63) is 35.4 Å². The van der Waals surface area contributed by atoms with Crippen LogP contribution >= 0.6 is 0 Å². The van der Waals surface area contributed by atoms with Crippen LogP contribution in [-0.2, 0) is 0 Å². The van der Waals surface area contributed by atoms with Crippen LogP contribution in [0.1, 0.15) is 33.6 Å². The summed E-state index contributed by atoms with van der Waals surface area (Å²) >= 11 is 0. The summed E-state index contributed by atoms with van der Waals surface area (Å²) in [5.41, 5.74) is 0.954. The monoisotopic (exact) mass is 290 g/mol. The number of nitrogens with zero attached hydrogens (tertiary/aromatic N) is 2. The Kier molecular flexibility index (Phi) is 4.63.